The molecule has 1 N–H and O–H groups in total. The minimum atomic E-state index is -0.328. The molecule has 1 aliphatic heterocycles. The average molecular weight is 228 g/mol. The fourth-order valence-electron chi connectivity index (χ4n) is 2.25. The summed E-state index contributed by atoms with van der Waals surface area (Å²) in [5.74, 6) is 0. The number of aliphatic hydroxyl groups is 1. The van der Waals surface area contributed by atoms with Gasteiger partial charge in [0.1, 0.15) is 0 Å². The summed E-state index contributed by atoms with van der Waals surface area (Å²) in [4.78, 5) is 15.8. The molecule has 1 saturated heterocycles. The van der Waals surface area contributed by atoms with Crippen molar-refractivity contribution in [1.82, 2.24) is 9.80 Å². The van der Waals surface area contributed by atoms with E-state index in [2.05, 4.69) is 0 Å². The Morgan fingerprint density at radius 3 is 2.81 bits per heavy atom. The Labute approximate surface area is 98.2 Å². The molecule has 0 aromatic heterocycles. The molecule has 0 aliphatic carbocycles. The number of carbonyl (C=O) groups excluding carboxylic acids is 1. The summed E-state index contributed by atoms with van der Waals surface area (Å²) >= 11 is 0. The van der Waals surface area contributed by atoms with Crippen molar-refractivity contribution in [1.29, 1.82) is 0 Å². The van der Waals surface area contributed by atoms with Gasteiger partial charge in [-0.15, -0.1) is 0 Å². The predicted octanol–water partition coefficient (Wildman–Crippen LogP) is 1.68. The number of hydrogen-bond donors (Lipinski definition) is 1. The molecule has 1 fully saturated rings. The largest absolute Gasteiger partial charge is 0.393 e. The van der Waals surface area contributed by atoms with Gasteiger partial charge in [-0.3, -0.25) is 0 Å². The van der Waals surface area contributed by atoms with Crippen molar-refractivity contribution in [2.45, 2.75) is 51.7 Å². The fourth-order valence-corrected chi connectivity index (χ4v) is 2.25. The van der Waals surface area contributed by atoms with Crippen LogP contribution in [0.25, 0.3) is 0 Å². The van der Waals surface area contributed by atoms with Crippen molar-refractivity contribution in [2.24, 2.45) is 0 Å². The zero-order valence-corrected chi connectivity index (χ0v) is 10.6. The van der Waals surface area contributed by atoms with Gasteiger partial charge in [0.15, 0.2) is 0 Å². The van der Waals surface area contributed by atoms with Crippen LogP contribution >= 0.6 is 0 Å². The van der Waals surface area contributed by atoms with Crippen molar-refractivity contribution < 1.29 is 9.90 Å². The van der Waals surface area contributed by atoms with Crippen molar-refractivity contribution >= 4 is 6.03 Å². The molecule has 0 spiro atoms. The Balaban J connectivity index is 2.62. The van der Waals surface area contributed by atoms with E-state index in [0.29, 0.717) is 6.42 Å². The van der Waals surface area contributed by atoms with Crippen LogP contribution in [0.15, 0.2) is 0 Å². The van der Waals surface area contributed by atoms with Gasteiger partial charge >= 0.3 is 6.03 Å². The summed E-state index contributed by atoms with van der Waals surface area (Å²) in [7, 11) is 1.83. The van der Waals surface area contributed by atoms with Gasteiger partial charge in [0, 0.05) is 26.2 Å². The van der Waals surface area contributed by atoms with E-state index in [-0.39, 0.29) is 18.2 Å². The number of urea groups is 1. The van der Waals surface area contributed by atoms with E-state index in [9.17, 15) is 9.90 Å². The number of hydrogen-bond acceptors (Lipinski definition) is 2. The Bertz CT molecular complexity index is 231. The number of likely N-dealkylation sites (tertiary alicyclic amines) is 1. The van der Waals surface area contributed by atoms with Crippen molar-refractivity contribution in [2.75, 3.05) is 20.1 Å². The van der Waals surface area contributed by atoms with Gasteiger partial charge in [0.25, 0.3) is 0 Å². The van der Waals surface area contributed by atoms with Gasteiger partial charge in [-0.2, -0.15) is 0 Å². The highest BCUT2D eigenvalue weighted by Crippen LogP contribution is 2.22. The lowest BCUT2D eigenvalue weighted by Crippen LogP contribution is -2.50. The van der Waals surface area contributed by atoms with Gasteiger partial charge in [-0.1, -0.05) is 0 Å². The van der Waals surface area contributed by atoms with Crippen LogP contribution < -0.4 is 0 Å². The minimum absolute atomic E-state index is 0.104. The molecule has 4 heteroatoms. The van der Waals surface area contributed by atoms with E-state index in [1.165, 1.54) is 0 Å². The zero-order chi connectivity index (χ0) is 12.1. The van der Waals surface area contributed by atoms with Crippen molar-refractivity contribution in [3.63, 3.8) is 0 Å². The summed E-state index contributed by atoms with van der Waals surface area (Å²) in [6.07, 6.45) is 3.64. The lowest BCUT2D eigenvalue weighted by molar-refractivity contribution is 0.0885. The minimum Gasteiger partial charge on any atom is -0.393 e. The highest BCUT2D eigenvalue weighted by Gasteiger charge is 2.28. The van der Waals surface area contributed by atoms with Gasteiger partial charge in [0.2, 0.25) is 0 Å². The number of nitrogens with zero attached hydrogens (tertiary/aromatic N) is 2. The average Bonchev–Trinajstić information content (AvgIpc) is 2.27. The Hall–Kier alpha value is -0.770. The molecule has 2 atom stereocenters. The first-order chi connectivity index (χ1) is 7.56. The molecule has 0 aromatic carbocycles. The molecule has 94 valence electrons. The molecule has 1 heterocycles. The molecule has 2 unspecified atom stereocenters. The second-order valence-corrected chi connectivity index (χ2v) is 4.72. The van der Waals surface area contributed by atoms with Crippen molar-refractivity contribution in [3.8, 4) is 0 Å². The highest BCUT2D eigenvalue weighted by atomic mass is 16.3. The quantitative estimate of drug-likeness (QED) is 0.798. The third-order valence-electron chi connectivity index (χ3n) is 3.29. The molecule has 1 aliphatic rings. The van der Waals surface area contributed by atoms with Crippen LogP contribution in [0.2, 0.25) is 0 Å². The zero-order valence-electron chi connectivity index (χ0n) is 10.6. The van der Waals surface area contributed by atoms with Gasteiger partial charge in [-0.25, -0.2) is 4.79 Å². The molecule has 2 amide bonds. The van der Waals surface area contributed by atoms with E-state index in [1.54, 1.807) is 11.8 Å². The summed E-state index contributed by atoms with van der Waals surface area (Å²) < 4.78 is 0. The van der Waals surface area contributed by atoms with E-state index in [0.717, 1.165) is 32.4 Å². The maximum atomic E-state index is 12.1. The second-order valence-electron chi connectivity index (χ2n) is 4.72. The lowest BCUT2D eigenvalue weighted by atomic mass is 9.97. The van der Waals surface area contributed by atoms with Crippen LogP contribution in [0.4, 0.5) is 4.79 Å². The van der Waals surface area contributed by atoms with Crippen LogP contribution in [-0.2, 0) is 0 Å². The number of rotatable bonds is 3. The normalized spacial score (nSPS) is 23.0. The number of piperidine rings is 1. The number of amides is 2. The van der Waals surface area contributed by atoms with Crippen molar-refractivity contribution in [3.05, 3.63) is 0 Å². The Morgan fingerprint density at radius 1 is 1.56 bits per heavy atom. The summed E-state index contributed by atoms with van der Waals surface area (Å²) in [5.41, 5.74) is 0. The summed E-state index contributed by atoms with van der Waals surface area (Å²) in [6, 6.07) is 0.322. The molecule has 0 saturated carbocycles. The maximum absolute atomic E-state index is 12.1. The van der Waals surface area contributed by atoms with Crippen LogP contribution in [0.5, 0.6) is 0 Å². The third kappa shape index (κ3) is 3.37. The fraction of sp³-hybridized carbons (Fsp3) is 0.917. The Morgan fingerprint density at radius 2 is 2.25 bits per heavy atom. The van der Waals surface area contributed by atoms with Crippen LogP contribution in [0.3, 0.4) is 0 Å². The molecular weight excluding hydrogens is 204 g/mol. The highest BCUT2D eigenvalue weighted by molar-refractivity contribution is 5.74. The van der Waals surface area contributed by atoms with E-state index in [4.69, 9.17) is 0 Å². The van der Waals surface area contributed by atoms with Crippen LogP contribution in [0, 0.1) is 0 Å². The third-order valence-corrected chi connectivity index (χ3v) is 3.29. The SMILES string of the molecule is CCN(C)C(=O)N1CCCCC1CC(C)O. The summed E-state index contributed by atoms with van der Waals surface area (Å²) in [5, 5.41) is 9.45. The number of aliphatic hydroxyl groups excluding tert-OH is 1. The first kappa shape index (κ1) is 13.3. The Kier molecular flexibility index (Phi) is 5.06. The number of carbonyl (C=O) groups is 1. The van der Waals surface area contributed by atoms with E-state index in [1.807, 2.05) is 18.9 Å². The molecule has 1 rings (SSSR count). The molecule has 0 aromatic rings. The second kappa shape index (κ2) is 6.09. The van der Waals surface area contributed by atoms with E-state index < -0.39 is 0 Å². The first-order valence-corrected chi connectivity index (χ1v) is 6.26. The molecule has 0 bridgehead atoms. The monoisotopic (exact) mass is 228 g/mol. The van der Waals surface area contributed by atoms with Gasteiger partial charge in [-0.05, 0) is 39.5 Å². The maximum Gasteiger partial charge on any atom is 0.319 e. The molecule has 4 nitrogen and oxygen atoms in total. The first-order valence-electron chi connectivity index (χ1n) is 6.26. The standard InChI is InChI=1S/C12H24N2O2/c1-4-13(3)12(16)14-8-6-5-7-11(14)9-10(2)15/h10-11,15H,4-9H2,1-3H3. The van der Waals surface area contributed by atoms with Crippen LogP contribution in [-0.4, -0.2) is 53.2 Å². The molecule has 0 radical (unpaired) electrons. The summed E-state index contributed by atoms with van der Waals surface area (Å²) in [6.45, 7) is 5.34. The van der Waals surface area contributed by atoms with Gasteiger partial charge < -0.3 is 14.9 Å². The van der Waals surface area contributed by atoms with Gasteiger partial charge in [0.05, 0.1) is 6.10 Å². The topological polar surface area (TPSA) is 43.8 Å². The van der Waals surface area contributed by atoms with Crippen LogP contribution in [0.1, 0.15) is 39.5 Å². The lowest BCUT2D eigenvalue weighted by Gasteiger charge is -2.38. The molecule has 16 heavy (non-hydrogen) atoms. The van der Waals surface area contributed by atoms with E-state index >= 15 is 0 Å². The predicted molar refractivity (Wildman–Crippen MR) is 64.3 cm³/mol. The molecular formula is C12H24N2O2. The smallest absolute Gasteiger partial charge is 0.319 e.